The van der Waals surface area contributed by atoms with E-state index < -0.39 is 0 Å². The van der Waals surface area contributed by atoms with Crippen LogP contribution >= 0.6 is 24.0 Å². The molecule has 0 aliphatic heterocycles. The van der Waals surface area contributed by atoms with Crippen molar-refractivity contribution in [3.05, 3.63) is 52.2 Å². The third kappa shape index (κ3) is 3.85. The summed E-state index contributed by atoms with van der Waals surface area (Å²) < 4.78 is 0. The second-order valence-corrected chi connectivity index (χ2v) is 5.87. The van der Waals surface area contributed by atoms with Gasteiger partial charge in [0.2, 0.25) is 0 Å². The molecule has 1 amide bonds. The first-order chi connectivity index (χ1) is 9.20. The van der Waals surface area contributed by atoms with Crippen LogP contribution in [0.25, 0.3) is 0 Å². The lowest BCUT2D eigenvalue weighted by molar-refractivity contribution is 0.0935. The smallest absolute Gasteiger partial charge is 0.251 e. The van der Waals surface area contributed by atoms with Crippen LogP contribution in [0.15, 0.2) is 46.7 Å². The van der Waals surface area contributed by atoms with Crippen LogP contribution in [0.3, 0.4) is 0 Å². The van der Waals surface area contributed by atoms with Gasteiger partial charge < -0.3 is 5.32 Å². The Bertz CT molecular complexity index is 520. The van der Waals surface area contributed by atoms with E-state index in [1.54, 1.807) is 23.5 Å². The molecule has 19 heavy (non-hydrogen) atoms. The van der Waals surface area contributed by atoms with Crippen molar-refractivity contribution in [3.8, 4) is 0 Å². The Hall–Kier alpha value is -1.26. The number of thiol groups is 1. The molecular weight excluding hydrogens is 274 g/mol. The summed E-state index contributed by atoms with van der Waals surface area (Å²) >= 11 is 5.91. The fourth-order valence-corrected chi connectivity index (χ4v) is 2.88. The highest BCUT2D eigenvalue weighted by molar-refractivity contribution is 7.80. The van der Waals surface area contributed by atoms with Crippen LogP contribution < -0.4 is 5.32 Å². The number of amides is 1. The van der Waals surface area contributed by atoms with Crippen molar-refractivity contribution in [2.75, 3.05) is 0 Å². The average molecular weight is 291 g/mol. The molecule has 2 aromatic rings. The minimum Gasteiger partial charge on any atom is -0.344 e. The van der Waals surface area contributed by atoms with Crippen LogP contribution in [0.1, 0.15) is 41.0 Å². The number of carbonyl (C=O) groups is 1. The lowest BCUT2D eigenvalue weighted by atomic mass is 10.1. The molecule has 0 saturated carbocycles. The Morgan fingerprint density at radius 3 is 2.63 bits per heavy atom. The summed E-state index contributed by atoms with van der Waals surface area (Å²) in [4.78, 5) is 14.3. The van der Waals surface area contributed by atoms with E-state index in [1.807, 2.05) is 23.6 Å². The fraction of sp³-hybridized carbons (Fsp3) is 0.267. The Morgan fingerprint density at radius 1 is 1.32 bits per heavy atom. The van der Waals surface area contributed by atoms with Gasteiger partial charge in [-0.2, -0.15) is 0 Å². The van der Waals surface area contributed by atoms with E-state index >= 15 is 0 Å². The minimum atomic E-state index is -0.0276. The van der Waals surface area contributed by atoms with Crippen molar-refractivity contribution in [1.29, 1.82) is 0 Å². The lowest BCUT2D eigenvalue weighted by Crippen LogP contribution is -2.27. The Kier molecular flexibility index (Phi) is 5.05. The molecule has 1 atom stereocenters. The van der Waals surface area contributed by atoms with Crippen LogP contribution in [-0.2, 0) is 0 Å². The summed E-state index contributed by atoms with van der Waals surface area (Å²) in [5.74, 6) is -0.0276. The third-order valence-electron chi connectivity index (χ3n) is 2.90. The van der Waals surface area contributed by atoms with Gasteiger partial charge in [0.15, 0.2) is 0 Å². The molecule has 0 radical (unpaired) electrons. The molecule has 0 fully saturated rings. The molecule has 2 rings (SSSR count). The molecule has 1 unspecified atom stereocenters. The SMILES string of the molecule is CCCC(NC(=O)c1ccc(S)cc1)c1cccs1. The van der Waals surface area contributed by atoms with Crippen LogP contribution in [0, 0.1) is 0 Å². The van der Waals surface area contributed by atoms with Gasteiger partial charge in [-0.15, -0.1) is 24.0 Å². The topological polar surface area (TPSA) is 29.1 Å². The van der Waals surface area contributed by atoms with Crippen molar-refractivity contribution in [1.82, 2.24) is 5.32 Å². The van der Waals surface area contributed by atoms with Gasteiger partial charge in [-0.25, -0.2) is 0 Å². The maximum atomic E-state index is 12.2. The number of hydrogen-bond donors (Lipinski definition) is 2. The summed E-state index contributed by atoms with van der Waals surface area (Å²) in [7, 11) is 0. The maximum Gasteiger partial charge on any atom is 0.251 e. The van der Waals surface area contributed by atoms with Crippen molar-refractivity contribution in [3.63, 3.8) is 0 Å². The Morgan fingerprint density at radius 2 is 2.05 bits per heavy atom. The molecular formula is C15H17NOS2. The highest BCUT2D eigenvalue weighted by atomic mass is 32.1. The molecule has 0 saturated heterocycles. The molecule has 4 heteroatoms. The number of thiophene rings is 1. The van der Waals surface area contributed by atoms with Gasteiger partial charge in [-0.05, 0) is 42.1 Å². The molecule has 1 heterocycles. The standard InChI is InChI=1S/C15H17NOS2/c1-2-4-13(14-5-3-10-19-14)16-15(17)11-6-8-12(18)9-7-11/h3,5-10,13,18H,2,4H2,1H3,(H,16,17). The zero-order valence-corrected chi connectivity index (χ0v) is 12.5. The maximum absolute atomic E-state index is 12.2. The average Bonchev–Trinajstić information content (AvgIpc) is 2.92. The zero-order chi connectivity index (χ0) is 13.7. The van der Waals surface area contributed by atoms with Gasteiger partial charge in [0.25, 0.3) is 5.91 Å². The number of hydrogen-bond acceptors (Lipinski definition) is 3. The quantitative estimate of drug-likeness (QED) is 0.790. The molecule has 0 aliphatic carbocycles. The number of rotatable bonds is 5. The molecule has 1 aromatic heterocycles. The lowest BCUT2D eigenvalue weighted by Gasteiger charge is -2.16. The molecule has 0 aliphatic rings. The van der Waals surface area contributed by atoms with Gasteiger partial charge in [0, 0.05) is 15.3 Å². The summed E-state index contributed by atoms with van der Waals surface area (Å²) in [6, 6.07) is 11.5. The van der Waals surface area contributed by atoms with E-state index in [-0.39, 0.29) is 11.9 Å². The summed E-state index contributed by atoms with van der Waals surface area (Å²) in [5.41, 5.74) is 0.676. The van der Waals surface area contributed by atoms with Gasteiger partial charge in [0.1, 0.15) is 0 Å². The van der Waals surface area contributed by atoms with Crippen molar-refractivity contribution < 1.29 is 4.79 Å². The zero-order valence-electron chi connectivity index (χ0n) is 10.8. The van der Waals surface area contributed by atoms with Crippen molar-refractivity contribution in [2.24, 2.45) is 0 Å². The van der Waals surface area contributed by atoms with Crippen LogP contribution in [0.2, 0.25) is 0 Å². The normalized spacial score (nSPS) is 12.1. The predicted octanol–water partition coefficient (Wildman–Crippen LogP) is 4.31. The van der Waals surface area contributed by atoms with E-state index in [1.165, 1.54) is 4.88 Å². The Balaban J connectivity index is 2.09. The Labute approximate surface area is 123 Å². The van der Waals surface area contributed by atoms with Crippen LogP contribution in [-0.4, -0.2) is 5.91 Å². The van der Waals surface area contributed by atoms with Crippen LogP contribution in [0.4, 0.5) is 0 Å². The molecule has 2 nitrogen and oxygen atoms in total. The van der Waals surface area contributed by atoms with E-state index in [0.717, 1.165) is 17.7 Å². The van der Waals surface area contributed by atoms with Crippen molar-refractivity contribution >= 4 is 29.9 Å². The molecule has 1 N–H and O–H groups in total. The monoisotopic (exact) mass is 291 g/mol. The van der Waals surface area contributed by atoms with E-state index in [2.05, 4.69) is 30.9 Å². The molecule has 0 spiro atoms. The predicted molar refractivity (Wildman–Crippen MR) is 83.1 cm³/mol. The van der Waals surface area contributed by atoms with Gasteiger partial charge >= 0.3 is 0 Å². The highest BCUT2D eigenvalue weighted by Gasteiger charge is 2.15. The second kappa shape index (κ2) is 6.78. The first-order valence-corrected chi connectivity index (χ1v) is 7.66. The number of nitrogens with one attached hydrogen (secondary N) is 1. The summed E-state index contributed by atoms with van der Waals surface area (Å²) in [6.07, 6.45) is 2.00. The number of carbonyl (C=O) groups excluding carboxylic acids is 1. The molecule has 1 aromatic carbocycles. The molecule has 0 bridgehead atoms. The highest BCUT2D eigenvalue weighted by Crippen LogP contribution is 2.23. The van der Waals surface area contributed by atoms with E-state index in [4.69, 9.17) is 0 Å². The van der Waals surface area contributed by atoms with Gasteiger partial charge in [-0.1, -0.05) is 19.4 Å². The minimum absolute atomic E-state index is 0.0276. The van der Waals surface area contributed by atoms with Gasteiger partial charge in [-0.3, -0.25) is 4.79 Å². The van der Waals surface area contributed by atoms with Gasteiger partial charge in [0.05, 0.1) is 6.04 Å². The summed E-state index contributed by atoms with van der Waals surface area (Å²) in [5, 5.41) is 5.14. The first kappa shape index (κ1) is 14.2. The van der Waals surface area contributed by atoms with E-state index in [0.29, 0.717) is 5.56 Å². The fourth-order valence-electron chi connectivity index (χ4n) is 1.92. The van der Waals surface area contributed by atoms with Crippen molar-refractivity contribution in [2.45, 2.75) is 30.7 Å². The first-order valence-electron chi connectivity index (χ1n) is 6.34. The molecule has 100 valence electrons. The largest absolute Gasteiger partial charge is 0.344 e. The van der Waals surface area contributed by atoms with E-state index in [9.17, 15) is 4.79 Å². The summed E-state index contributed by atoms with van der Waals surface area (Å²) in [6.45, 7) is 2.13. The third-order valence-corrected chi connectivity index (χ3v) is 4.18. The van der Waals surface area contributed by atoms with Crippen LogP contribution in [0.5, 0.6) is 0 Å². The second-order valence-electron chi connectivity index (χ2n) is 4.38. The number of benzene rings is 1.